The Hall–Kier alpha value is -1.86. The minimum Gasteiger partial charge on any atom is -0.376 e. The van der Waals surface area contributed by atoms with Gasteiger partial charge in [0.15, 0.2) is 0 Å². The molecule has 2 rings (SSSR count). The van der Waals surface area contributed by atoms with E-state index in [9.17, 15) is 0 Å². The Labute approximate surface area is 117 Å². The smallest absolute Gasteiger partial charge is 0.115 e. The molecule has 0 saturated heterocycles. The predicted octanol–water partition coefficient (Wildman–Crippen LogP) is 4.12. The maximum atomic E-state index is 9.11. The molecule has 0 saturated carbocycles. The van der Waals surface area contributed by atoms with E-state index in [4.69, 9.17) is 5.26 Å². The van der Waals surface area contributed by atoms with Crippen molar-refractivity contribution < 1.29 is 0 Å². The van der Waals surface area contributed by atoms with E-state index < -0.39 is 5.41 Å². The van der Waals surface area contributed by atoms with Crippen LogP contribution in [0.1, 0.15) is 37.4 Å². The number of nitrogens with one attached hydrogen (secondary N) is 1. The molecular formula is C15H17N3S. The Kier molecular flexibility index (Phi) is 3.87. The summed E-state index contributed by atoms with van der Waals surface area (Å²) in [7, 11) is 0. The Morgan fingerprint density at radius 1 is 1.32 bits per heavy atom. The summed E-state index contributed by atoms with van der Waals surface area (Å²) in [4.78, 5) is 4.30. The van der Waals surface area contributed by atoms with Gasteiger partial charge in [-0.15, -0.1) is 11.3 Å². The van der Waals surface area contributed by atoms with Gasteiger partial charge in [-0.25, -0.2) is 4.98 Å². The zero-order valence-electron chi connectivity index (χ0n) is 11.3. The topological polar surface area (TPSA) is 48.7 Å². The summed E-state index contributed by atoms with van der Waals surface area (Å²) in [6.45, 7) is 5.94. The second kappa shape index (κ2) is 5.41. The van der Waals surface area contributed by atoms with E-state index in [1.54, 1.807) is 11.3 Å². The lowest BCUT2D eigenvalue weighted by Gasteiger charge is -2.17. The molecule has 1 atom stereocenters. The van der Waals surface area contributed by atoms with Crippen LogP contribution in [0.25, 0.3) is 0 Å². The molecule has 1 unspecified atom stereocenters. The van der Waals surface area contributed by atoms with E-state index >= 15 is 0 Å². The summed E-state index contributed by atoms with van der Waals surface area (Å²) in [6.07, 6.45) is 1.82. The molecule has 0 aliphatic rings. The Bertz CT molecular complexity index is 564. The number of hydrogen-bond donors (Lipinski definition) is 1. The highest BCUT2D eigenvalue weighted by Gasteiger charge is 2.19. The van der Waals surface area contributed by atoms with Crippen LogP contribution in [0, 0.1) is 11.3 Å². The van der Waals surface area contributed by atoms with Crippen molar-refractivity contribution >= 4 is 17.0 Å². The molecule has 1 aromatic heterocycles. The van der Waals surface area contributed by atoms with Gasteiger partial charge in [0, 0.05) is 17.3 Å². The Morgan fingerprint density at radius 2 is 2.00 bits per heavy atom. The molecule has 0 amide bonds. The number of rotatable bonds is 4. The summed E-state index contributed by atoms with van der Waals surface area (Å²) >= 11 is 1.64. The predicted molar refractivity (Wildman–Crippen MR) is 79.2 cm³/mol. The van der Waals surface area contributed by atoms with Crippen LogP contribution in [-0.2, 0) is 5.41 Å². The Balaban J connectivity index is 2.10. The van der Waals surface area contributed by atoms with Crippen LogP contribution in [0.2, 0.25) is 0 Å². The molecule has 0 fully saturated rings. The number of aromatic nitrogens is 1. The Morgan fingerprint density at radius 3 is 2.53 bits per heavy atom. The summed E-state index contributed by atoms with van der Waals surface area (Å²) in [5.41, 5.74) is 1.63. The molecular weight excluding hydrogens is 254 g/mol. The van der Waals surface area contributed by atoms with E-state index in [0.29, 0.717) is 0 Å². The van der Waals surface area contributed by atoms with Crippen LogP contribution in [0.5, 0.6) is 0 Å². The van der Waals surface area contributed by atoms with Crippen molar-refractivity contribution in [1.82, 2.24) is 4.98 Å². The van der Waals surface area contributed by atoms with Gasteiger partial charge in [0.2, 0.25) is 0 Å². The van der Waals surface area contributed by atoms with Gasteiger partial charge < -0.3 is 5.32 Å². The largest absolute Gasteiger partial charge is 0.376 e. The normalized spacial score (nSPS) is 12.7. The first-order valence-electron chi connectivity index (χ1n) is 6.20. The molecule has 0 aliphatic heterocycles. The molecule has 0 spiro atoms. The number of anilines is 1. The van der Waals surface area contributed by atoms with Gasteiger partial charge in [-0.3, -0.25) is 0 Å². The molecule has 3 nitrogen and oxygen atoms in total. The van der Waals surface area contributed by atoms with Crippen molar-refractivity contribution in [1.29, 1.82) is 5.26 Å². The van der Waals surface area contributed by atoms with Crippen molar-refractivity contribution in [2.24, 2.45) is 0 Å². The zero-order chi connectivity index (χ0) is 13.9. The third kappa shape index (κ3) is 3.12. The quantitative estimate of drug-likeness (QED) is 0.910. The van der Waals surface area contributed by atoms with Crippen molar-refractivity contribution in [3.8, 4) is 6.07 Å². The fourth-order valence-corrected chi connectivity index (χ4v) is 2.45. The van der Waals surface area contributed by atoms with Gasteiger partial charge in [0.1, 0.15) is 5.01 Å². The van der Waals surface area contributed by atoms with Gasteiger partial charge in [-0.05, 0) is 38.5 Å². The minimum absolute atomic E-state index is 0.190. The maximum absolute atomic E-state index is 9.11. The van der Waals surface area contributed by atoms with E-state index in [0.717, 1.165) is 16.3 Å². The molecule has 0 aliphatic carbocycles. The van der Waals surface area contributed by atoms with Crippen LogP contribution >= 0.6 is 11.3 Å². The summed E-state index contributed by atoms with van der Waals surface area (Å²) in [5.74, 6) is 0. The zero-order valence-corrected chi connectivity index (χ0v) is 12.2. The molecule has 1 N–H and O–H groups in total. The molecule has 1 heterocycles. The van der Waals surface area contributed by atoms with Crippen molar-refractivity contribution in [2.45, 2.75) is 32.2 Å². The number of nitriles is 1. The van der Waals surface area contributed by atoms with E-state index in [-0.39, 0.29) is 6.04 Å². The lowest BCUT2D eigenvalue weighted by atomic mass is 9.86. The average Bonchev–Trinajstić information content (AvgIpc) is 2.93. The monoisotopic (exact) mass is 271 g/mol. The summed E-state index contributed by atoms with van der Waals surface area (Å²) < 4.78 is 0. The molecule has 0 radical (unpaired) electrons. The second-order valence-corrected chi connectivity index (χ2v) is 5.98. The van der Waals surface area contributed by atoms with Crippen molar-refractivity contribution in [2.75, 3.05) is 5.32 Å². The first kappa shape index (κ1) is 13.6. The first-order valence-corrected chi connectivity index (χ1v) is 7.08. The third-order valence-corrected chi connectivity index (χ3v) is 4.05. The number of benzene rings is 1. The highest BCUT2D eigenvalue weighted by Crippen LogP contribution is 2.25. The second-order valence-electron chi connectivity index (χ2n) is 5.05. The third-order valence-electron chi connectivity index (χ3n) is 3.09. The number of nitrogens with zero attached hydrogens (tertiary/aromatic N) is 2. The first-order chi connectivity index (χ1) is 9.03. The van der Waals surface area contributed by atoms with Gasteiger partial charge in [-0.2, -0.15) is 5.26 Å². The van der Waals surface area contributed by atoms with Crippen LogP contribution in [0.3, 0.4) is 0 Å². The maximum Gasteiger partial charge on any atom is 0.115 e. The van der Waals surface area contributed by atoms with Gasteiger partial charge >= 0.3 is 0 Å². The van der Waals surface area contributed by atoms with Crippen LogP contribution in [-0.4, -0.2) is 4.98 Å². The lowest BCUT2D eigenvalue weighted by Crippen LogP contribution is -2.13. The van der Waals surface area contributed by atoms with Crippen molar-refractivity contribution in [3.63, 3.8) is 0 Å². The fourth-order valence-electron chi connectivity index (χ4n) is 1.81. The van der Waals surface area contributed by atoms with Crippen LogP contribution in [0.15, 0.2) is 35.8 Å². The number of thiazole rings is 1. The molecule has 19 heavy (non-hydrogen) atoms. The molecule has 0 bridgehead atoms. The highest BCUT2D eigenvalue weighted by molar-refractivity contribution is 7.09. The summed E-state index contributed by atoms with van der Waals surface area (Å²) in [5, 5.41) is 15.6. The summed E-state index contributed by atoms with van der Waals surface area (Å²) in [6, 6.07) is 10.5. The fraction of sp³-hybridized carbons (Fsp3) is 0.333. The van der Waals surface area contributed by atoms with E-state index in [1.807, 2.05) is 49.7 Å². The van der Waals surface area contributed by atoms with Crippen molar-refractivity contribution in [3.05, 3.63) is 46.4 Å². The average molecular weight is 271 g/mol. The van der Waals surface area contributed by atoms with Gasteiger partial charge in [-0.1, -0.05) is 12.1 Å². The van der Waals surface area contributed by atoms with Crippen LogP contribution < -0.4 is 5.32 Å². The highest BCUT2D eigenvalue weighted by atomic mass is 32.1. The van der Waals surface area contributed by atoms with E-state index in [2.05, 4.69) is 23.3 Å². The van der Waals surface area contributed by atoms with Crippen LogP contribution in [0.4, 0.5) is 5.69 Å². The molecule has 2 aromatic rings. The SMILES string of the molecule is CC(Nc1ccc(C(C)(C)C#N)cc1)c1nccs1. The van der Waals surface area contributed by atoms with E-state index in [1.165, 1.54) is 0 Å². The standard InChI is InChI=1S/C15H17N3S/c1-11(14-17-8-9-19-14)18-13-6-4-12(5-7-13)15(2,3)10-16/h4-9,11,18H,1-3H3. The number of hydrogen-bond acceptors (Lipinski definition) is 4. The van der Waals surface area contributed by atoms with Gasteiger partial charge in [0.25, 0.3) is 0 Å². The molecule has 98 valence electrons. The molecule has 1 aromatic carbocycles. The van der Waals surface area contributed by atoms with Gasteiger partial charge in [0.05, 0.1) is 17.5 Å². The molecule has 4 heteroatoms. The lowest BCUT2D eigenvalue weighted by molar-refractivity contribution is 0.687. The minimum atomic E-state index is -0.445.